The van der Waals surface area contributed by atoms with Gasteiger partial charge in [-0.15, -0.1) is 0 Å². The van der Waals surface area contributed by atoms with Gasteiger partial charge in [0.15, 0.2) is 5.78 Å². The van der Waals surface area contributed by atoms with Gasteiger partial charge in [-0.25, -0.2) is 0 Å². The van der Waals surface area contributed by atoms with E-state index in [0.717, 1.165) is 16.3 Å². The SMILES string of the molecule is CC(=O)c1cc(C)c(O)c2ccccc12. The fraction of sp³-hybridized carbons (Fsp3) is 0.154. The fourth-order valence-electron chi connectivity index (χ4n) is 1.79. The van der Waals surface area contributed by atoms with Crippen LogP contribution in [0.25, 0.3) is 10.8 Å². The number of carbonyl (C=O) groups is 1. The number of Topliss-reactive ketones (excluding diaryl/α,β-unsaturated/α-hetero) is 1. The zero-order chi connectivity index (χ0) is 11.0. The first-order chi connectivity index (χ1) is 7.11. The molecule has 0 aromatic heterocycles. The van der Waals surface area contributed by atoms with Crippen molar-refractivity contribution in [1.82, 2.24) is 0 Å². The second-order valence-corrected chi connectivity index (χ2v) is 3.69. The highest BCUT2D eigenvalue weighted by Gasteiger charge is 2.10. The molecule has 0 unspecified atom stereocenters. The molecule has 0 amide bonds. The van der Waals surface area contributed by atoms with Crippen LogP contribution in [0.2, 0.25) is 0 Å². The standard InChI is InChI=1S/C13H12O2/c1-8-7-12(9(2)14)10-5-3-4-6-11(10)13(8)15/h3-7,15H,1-2H3. The van der Waals surface area contributed by atoms with Gasteiger partial charge in [0, 0.05) is 10.9 Å². The van der Waals surface area contributed by atoms with E-state index in [1.807, 2.05) is 24.3 Å². The lowest BCUT2D eigenvalue weighted by Gasteiger charge is -2.08. The average molecular weight is 200 g/mol. The van der Waals surface area contributed by atoms with E-state index in [4.69, 9.17) is 0 Å². The van der Waals surface area contributed by atoms with E-state index in [9.17, 15) is 9.90 Å². The number of ketones is 1. The van der Waals surface area contributed by atoms with Crippen molar-refractivity contribution >= 4 is 16.6 Å². The van der Waals surface area contributed by atoms with Crippen LogP contribution in [-0.4, -0.2) is 10.9 Å². The quantitative estimate of drug-likeness (QED) is 0.718. The Kier molecular flexibility index (Phi) is 2.19. The first-order valence-corrected chi connectivity index (χ1v) is 4.83. The molecule has 0 heterocycles. The fourth-order valence-corrected chi connectivity index (χ4v) is 1.79. The number of benzene rings is 2. The Morgan fingerprint density at radius 3 is 2.40 bits per heavy atom. The lowest BCUT2D eigenvalue weighted by atomic mass is 9.98. The van der Waals surface area contributed by atoms with Crippen molar-refractivity contribution in [3.05, 3.63) is 41.5 Å². The molecule has 2 nitrogen and oxygen atoms in total. The first-order valence-electron chi connectivity index (χ1n) is 4.83. The van der Waals surface area contributed by atoms with Crippen LogP contribution in [-0.2, 0) is 0 Å². The van der Waals surface area contributed by atoms with Gasteiger partial charge >= 0.3 is 0 Å². The normalized spacial score (nSPS) is 10.5. The van der Waals surface area contributed by atoms with Gasteiger partial charge in [0.2, 0.25) is 0 Å². The van der Waals surface area contributed by atoms with E-state index >= 15 is 0 Å². The number of aryl methyl sites for hydroxylation is 1. The Labute approximate surface area is 88.2 Å². The zero-order valence-corrected chi connectivity index (χ0v) is 8.74. The lowest BCUT2D eigenvalue weighted by Crippen LogP contribution is -1.95. The number of rotatable bonds is 1. The van der Waals surface area contributed by atoms with Crippen molar-refractivity contribution < 1.29 is 9.90 Å². The second kappa shape index (κ2) is 3.39. The third-order valence-electron chi connectivity index (χ3n) is 2.59. The summed E-state index contributed by atoms with van der Waals surface area (Å²) in [4.78, 5) is 11.4. The number of aromatic hydroxyl groups is 1. The molecule has 15 heavy (non-hydrogen) atoms. The third-order valence-corrected chi connectivity index (χ3v) is 2.59. The molecule has 76 valence electrons. The number of carbonyl (C=O) groups excluding carboxylic acids is 1. The van der Waals surface area contributed by atoms with Crippen molar-refractivity contribution in [3.8, 4) is 5.75 Å². The summed E-state index contributed by atoms with van der Waals surface area (Å²) < 4.78 is 0. The molecule has 0 aliphatic carbocycles. The summed E-state index contributed by atoms with van der Waals surface area (Å²) in [5, 5.41) is 11.4. The monoisotopic (exact) mass is 200 g/mol. The van der Waals surface area contributed by atoms with E-state index in [2.05, 4.69) is 0 Å². The Bertz CT molecular complexity index is 541. The lowest BCUT2D eigenvalue weighted by molar-refractivity contribution is 0.101. The molecule has 0 bridgehead atoms. The molecule has 0 aliphatic rings. The summed E-state index contributed by atoms with van der Waals surface area (Å²) in [5.74, 6) is 0.282. The number of fused-ring (bicyclic) bond motifs is 1. The van der Waals surface area contributed by atoms with Gasteiger partial charge in [0.1, 0.15) is 5.75 Å². The summed E-state index contributed by atoms with van der Waals surface area (Å²) in [7, 11) is 0. The van der Waals surface area contributed by atoms with Gasteiger partial charge in [0.25, 0.3) is 0 Å². The van der Waals surface area contributed by atoms with Crippen molar-refractivity contribution in [2.45, 2.75) is 13.8 Å². The number of phenolic OH excluding ortho intramolecular Hbond substituents is 1. The second-order valence-electron chi connectivity index (χ2n) is 3.69. The minimum absolute atomic E-state index is 0.0225. The van der Waals surface area contributed by atoms with Crippen LogP contribution in [0.3, 0.4) is 0 Å². The topological polar surface area (TPSA) is 37.3 Å². The maximum Gasteiger partial charge on any atom is 0.160 e. The first kappa shape index (κ1) is 9.71. The highest BCUT2D eigenvalue weighted by Crippen LogP contribution is 2.31. The summed E-state index contributed by atoms with van der Waals surface area (Å²) in [6.45, 7) is 3.34. The third kappa shape index (κ3) is 1.48. The summed E-state index contributed by atoms with van der Waals surface area (Å²) in [6.07, 6.45) is 0. The van der Waals surface area contributed by atoms with Crippen LogP contribution < -0.4 is 0 Å². The largest absolute Gasteiger partial charge is 0.507 e. The number of hydrogen-bond donors (Lipinski definition) is 1. The van der Waals surface area contributed by atoms with Gasteiger partial charge in [-0.05, 0) is 30.9 Å². The smallest absolute Gasteiger partial charge is 0.160 e. The molecule has 0 saturated carbocycles. The van der Waals surface area contributed by atoms with Gasteiger partial charge in [0.05, 0.1) is 0 Å². The van der Waals surface area contributed by atoms with Crippen molar-refractivity contribution in [1.29, 1.82) is 0 Å². The Morgan fingerprint density at radius 1 is 1.20 bits per heavy atom. The zero-order valence-electron chi connectivity index (χ0n) is 8.74. The predicted molar refractivity (Wildman–Crippen MR) is 60.4 cm³/mol. The molecule has 1 N–H and O–H groups in total. The Balaban J connectivity index is 2.94. The molecule has 2 rings (SSSR count). The van der Waals surface area contributed by atoms with Crippen LogP contribution in [0, 0.1) is 6.92 Å². The average Bonchev–Trinajstić information content (AvgIpc) is 2.23. The van der Waals surface area contributed by atoms with E-state index in [1.54, 1.807) is 13.0 Å². The Morgan fingerprint density at radius 2 is 1.80 bits per heavy atom. The van der Waals surface area contributed by atoms with Crippen molar-refractivity contribution in [2.75, 3.05) is 0 Å². The van der Waals surface area contributed by atoms with Crippen LogP contribution in [0.5, 0.6) is 5.75 Å². The minimum Gasteiger partial charge on any atom is -0.507 e. The molecule has 2 aromatic carbocycles. The van der Waals surface area contributed by atoms with Crippen LogP contribution in [0.15, 0.2) is 30.3 Å². The molecule has 0 spiro atoms. The Hall–Kier alpha value is -1.83. The maximum atomic E-state index is 11.4. The van der Waals surface area contributed by atoms with Crippen LogP contribution >= 0.6 is 0 Å². The van der Waals surface area contributed by atoms with Gasteiger partial charge in [-0.1, -0.05) is 24.3 Å². The van der Waals surface area contributed by atoms with E-state index in [0.29, 0.717) is 5.56 Å². The molecule has 0 radical (unpaired) electrons. The van der Waals surface area contributed by atoms with Crippen LogP contribution in [0.4, 0.5) is 0 Å². The molecule has 0 aliphatic heterocycles. The number of phenols is 1. The molecule has 0 atom stereocenters. The van der Waals surface area contributed by atoms with E-state index in [1.165, 1.54) is 6.92 Å². The van der Waals surface area contributed by atoms with Crippen molar-refractivity contribution in [2.24, 2.45) is 0 Å². The van der Waals surface area contributed by atoms with E-state index < -0.39 is 0 Å². The van der Waals surface area contributed by atoms with Gasteiger partial charge in [-0.2, -0.15) is 0 Å². The van der Waals surface area contributed by atoms with Crippen molar-refractivity contribution in [3.63, 3.8) is 0 Å². The summed E-state index contributed by atoms with van der Waals surface area (Å²) in [5.41, 5.74) is 1.40. The van der Waals surface area contributed by atoms with Gasteiger partial charge in [-0.3, -0.25) is 4.79 Å². The summed E-state index contributed by atoms with van der Waals surface area (Å²) in [6, 6.07) is 9.13. The highest BCUT2D eigenvalue weighted by molar-refractivity contribution is 6.09. The number of hydrogen-bond acceptors (Lipinski definition) is 2. The van der Waals surface area contributed by atoms with Gasteiger partial charge < -0.3 is 5.11 Å². The molecule has 0 fully saturated rings. The summed E-state index contributed by atoms with van der Waals surface area (Å²) >= 11 is 0. The molecule has 2 aromatic rings. The molecule has 2 heteroatoms. The van der Waals surface area contributed by atoms with E-state index in [-0.39, 0.29) is 11.5 Å². The highest BCUT2D eigenvalue weighted by atomic mass is 16.3. The predicted octanol–water partition coefficient (Wildman–Crippen LogP) is 3.06. The molecular weight excluding hydrogens is 188 g/mol. The minimum atomic E-state index is 0.0225. The van der Waals surface area contributed by atoms with Crippen LogP contribution in [0.1, 0.15) is 22.8 Å². The molecular formula is C13H12O2. The molecule has 0 saturated heterocycles. The maximum absolute atomic E-state index is 11.4.